The van der Waals surface area contributed by atoms with Gasteiger partial charge in [0.1, 0.15) is 219 Å². The highest BCUT2D eigenvalue weighted by Gasteiger charge is 2.61. The third-order valence-electron chi connectivity index (χ3n) is 20.8. The Hall–Kier alpha value is -4.29. The van der Waals surface area contributed by atoms with E-state index >= 15 is 0 Å². The minimum Gasteiger partial charge on any atom is -0.394 e. The lowest BCUT2D eigenvalue weighted by atomic mass is 9.93. The number of hydrogen-bond acceptors (Lipinski definition) is 46. The lowest BCUT2D eigenvalue weighted by Crippen LogP contribution is -2.71. The Morgan fingerprint density at radius 3 is 0.878 bits per heavy atom. The monoisotopic (exact) mass is 1680 g/mol. The highest BCUT2D eigenvalue weighted by Crippen LogP contribution is 2.40. The van der Waals surface area contributed by atoms with Gasteiger partial charge < -0.3 is 230 Å². The van der Waals surface area contributed by atoms with Gasteiger partial charge in [0, 0.05) is 34.6 Å². The van der Waals surface area contributed by atoms with Crippen molar-refractivity contribution in [2.75, 3.05) is 59.5 Å². The fourth-order valence-corrected chi connectivity index (χ4v) is 14.9. The summed E-state index contributed by atoms with van der Waals surface area (Å²) in [6.45, 7) is -5.22. The molecule has 51 nitrogen and oxygen atoms in total. The third-order valence-corrected chi connectivity index (χ3v) is 20.8. The second-order valence-electron chi connectivity index (χ2n) is 28.9. The van der Waals surface area contributed by atoms with Crippen molar-refractivity contribution >= 4 is 29.5 Å². The van der Waals surface area contributed by atoms with Crippen LogP contribution < -0.4 is 26.6 Å². The van der Waals surface area contributed by atoms with Gasteiger partial charge in [0.05, 0.1) is 59.5 Å². The number of carbonyl (C=O) groups is 5. The van der Waals surface area contributed by atoms with Crippen LogP contribution in [0.1, 0.15) is 34.6 Å². The average Bonchev–Trinajstić information content (AvgIpc) is 0.773. The number of nitrogens with one attached hydrogen (secondary N) is 5. The predicted octanol–water partition coefficient (Wildman–Crippen LogP) is -19.9. The first-order valence-corrected chi connectivity index (χ1v) is 36.6. The SMILES string of the molecule is CC(=O)N[C@@H]1[C@@H](O)[C@H](O[C@@H]2O[C@H](CO)[C@@H](O[C@@H]3O[C@H](CO[C@H]4O[C@H](CO)[C@@H](O)[C@H](O)[C@@H]4O[C@@H]4O[C@H](CO)[C@@H](O[C@@H]5O[C@H](CO)[C@H](O)[C@H](O)[C@H]5O)[C@H](O)[C@H]4NC(C)=O)[C@@H](O)[C@H](O[C@H]4O[C@H](CO)[C@@H](O[C@@H]5O[C@H](CO)[C@@H](O)[C@H](O)[C@H]5NC(C)=O)[C@H](O)[C@@H]4O[C@@H]4O[C@H](CO)[C@@H](O)[C@H](O)[C@H]4NC(C)=O)[C@@H]3O)[C@H](O)[C@H]2NC(C)=O)[C@@H](CO)O[C@H]1O. The molecule has 29 N–H and O–H groups in total. The van der Waals surface area contributed by atoms with Gasteiger partial charge in [-0.15, -0.1) is 0 Å². The Bertz CT molecular complexity index is 3100. The normalized spacial score (nSPS) is 47.9. The molecule has 9 aliphatic rings. The van der Waals surface area contributed by atoms with Crippen molar-refractivity contribution in [1.29, 1.82) is 0 Å². The zero-order chi connectivity index (χ0) is 84.8. The minimum absolute atomic E-state index is 0.795. The van der Waals surface area contributed by atoms with Crippen LogP contribution in [0.25, 0.3) is 0 Å². The first kappa shape index (κ1) is 94.6. The van der Waals surface area contributed by atoms with Gasteiger partial charge in [0.25, 0.3) is 0 Å². The molecule has 0 unspecified atom stereocenters. The van der Waals surface area contributed by atoms with Crippen molar-refractivity contribution in [1.82, 2.24) is 26.6 Å². The predicted molar refractivity (Wildman–Crippen MR) is 355 cm³/mol. The number of ether oxygens (including phenoxy) is 17. The van der Waals surface area contributed by atoms with E-state index in [2.05, 4.69) is 26.6 Å². The molecular weight excluding hydrogens is 1570 g/mol. The van der Waals surface area contributed by atoms with E-state index in [1.54, 1.807) is 0 Å². The van der Waals surface area contributed by atoms with Gasteiger partial charge in [-0.2, -0.15) is 0 Å². The quantitative estimate of drug-likeness (QED) is 0.0318. The zero-order valence-corrected chi connectivity index (χ0v) is 62.1. The van der Waals surface area contributed by atoms with E-state index in [0.29, 0.717) is 0 Å². The number of aliphatic hydroxyl groups excluding tert-OH is 24. The van der Waals surface area contributed by atoms with E-state index in [1.807, 2.05) is 0 Å². The summed E-state index contributed by atoms with van der Waals surface area (Å²) >= 11 is 0. The summed E-state index contributed by atoms with van der Waals surface area (Å²) in [4.78, 5) is 63.5. The van der Waals surface area contributed by atoms with Gasteiger partial charge in [0.15, 0.2) is 56.6 Å². The highest BCUT2D eigenvalue weighted by atomic mass is 16.8. The smallest absolute Gasteiger partial charge is 0.217 e. The van der Waals surface area contributed by atoms with Gasteiger partial charge in [-0.05, 0) is 0 Å². The maximum atomic E-state index is 13.1. The molecule has 9 fully saturated rings. The maximum Gasteiger partial charge on any atom is 0.217 e. The Kier molecular flexibility index (Phi) is 34.1. The Morgan fingerprint density at radius 1 is 0.226 bits per heavy atom. The first-order chi connectivity index (χ1) is 54.4. The van der Waals surface area contributed by atoms with Gasteiger partial charge in [-0.3, -0.25) is 24.0 Å². The number of rotatable bonds is 30. The molecule has 0 aliphatic carbocycles. The molecule has 0 aromatic rings. The fourth-order valence-electron chi connectivity index (χ4n) is 14.9. The fraction of sp³-hybridized carbons (Fsp3) is 0.922. The summed E-state index contributed by atoms with van der Waals surface area (Å²) < 4.78 is 102. The molecule has 115 heavy (non-hydrogen) atoms. The topological polar surface area (TPSA) is 788 Å². The lowest BCUT2D eigenvalue weighted by molar-refractivity contribution is -0.403. The molecule has 9 aliphatic heterocycles. The molecule has 0 bridgehead atoms. The van der Waals surface area contributed by atoms with E-state index in [9.17, 15) is 147 Å². The van der Waals surface area contributed by atoms with Crippen LogP contribution in [0.5, 0.6) is 0 Å². The van der Waals surface area contributed by atoms with Crippen LogP contribution in [-0.4, -0.2) is 488 Å². The van der Waals surface area contributed by atoms with Crippen LogP contribution in [0, 0.1) is 0 Å². The van der Waals surface area contributed by atoms with Crippen molar-refractivity contribution < 1.29 is 227 Å². The van der Waals surface area contributed by atoms with E-state index in [4.69, 9.17) is 80.5 Å². The maximum absolute atomic E-state index is 13.1. The molecule has 5 amide bonds. The van der Waals surface area contributed by atoms with Crippen LogP contribution in [0.2, 0.25) is 0 Å². The second kappa shape index (κ2) is 41.5. The Balaban J connectivity index is 1.10. The largest absolute Gasteiger partial charge is 0.394 e. The van der Waals surface area contributed by atoms with Crippen LogP contribution in [0.15, 0.2) is 0 Å². The standard InChI is InChI=1S/C64H107N5O46/c1-15(78)65-29-41(90)49(24(10-74)100-56(29)98)109-59-32(68-18(4)81)42(91)51(26(12-76)105-59)112-62-48(97)53(113-64-55(115-58-31(67-17(3)80)40(89)35(84)21(7-71)102-58)47(96)52(27(13-77)107-64)110-57-30(66-16(2)79)39(88)34(83)20(6-70)101-57)38(87)28(108-62)14-99-63-54(45(94)37(86)23(9-73)104-63)114-60-33(69-19(5)82)43(92)50(25(11-75)106-60)111-61-46(95)44(93)36(85)22(8-72)103-61/h20-64,70-77,83-98H,6-14H2,1-5H3,(H,65,78)(H,66,79)(H,67,80)(H,68,81)(H,69,82)/t20-,21-,22-,23-,24-,25-,26-,27-,28-,29-,30-,31-,32-,33-,34-,35-,36+,37-,38-,39-,40-,41-,42-,43-,44+,45+,46-,47+,48+,49-,50-,51-,52-,53+,54+,55+,56-,57+,58+,59+,60+,61+,62+,63+,64-/m1/s1. The minimum atomic E-state index is -2.62. The summed E-state index contributed by atoms with van der Waals surface area (Å²) in [7, 11) is 0. The Labute approximate surface area is 651 Å². The highest BCUT2D eigenvalue weighted by molar-refractivity contribution is 5.75. The Morgan fingerprint density at radius 2 is 0.487 bits per heavy atom. The van der Waals surface area contributed by atoms with Gasteiger partial charge in [-0.25, -0.2) is 0 Å². The van der Waals surface area contributed by atoms with Crippen molar-refractivity contribution in [3.63, 3.8) is 0 Å². The van der Waals surface area contributed by atoms with Crippen molar-refractivity contribution in [3.8, 4) is 0 Å². The first-order valence-electron chi connectivity index (χ1n) is 36.6. The number of amides is 5. The van der Waals surface area contributed by atoms with E-state index in [1.165, 1.54) is 0 Å². The molecule has 0 spiro atoms. The van der Waals surface area contributed by atoms with Gasteiger partial charge >= 0.3 is 0 Å². The van der Waals surface area contributed by atoms with E-state index < -0.39 is 365 Å². The van der Waals surface area contributed by atoms with Gasteiger partial charge in [-0.1, -0.05) is 0 Å². The molecule has 0 aromatic carbocycles. The van der Waals surface area contributed by atoms with Crippen molar-refractivity contribution in [2.24, 2.45) is 0 Å². The summed E-state index contributed by atoms with van der Waals surface area (Å²) in [6.07, 6.45) is -84.0. The molecule has 9 rings (SSSR count). The molecule has 664 valence electrons. The number of carbonyl (C=O) groups excluding carboxylic acids is 5. The summed E-state index contributed by atoms with van der Waals surface area (Å²) in [5, 5.41) is 280. The van der Waals surface area contributed by atoms with Gasteiger partial charge in [0.2, 0.25) is 29.5 Å². The van der Waals surface area contributed by atoms with Crippen molar-refractivity contribution in [2.45, 2.75) is 311 Å². The van der Waals surface area contributed by atoms with Crippen LogP contribution in [-0.2, 0) is 104 Å². The summed E-state index contributed by atoms with van der Waals surface area (Å²) in [6, 6.07) is -9.21. The molecule has 9 heterocycles. The molecule has 45 atom stereocenters. The lowest BCUT2D eigenvalue weighted by Gasteiger charge is -2.52. The molecule has 51 heteroatoms. The second-order valence-corrected chi connectivity index (χ2v) is 28.9. The summed E-state index contributed by atoms with van der Waals surface area (Å²) in [5.74, 6) is -4.49. The molecule has 0 saturated carbocycles. The summed E-state index contributed by atoms with van der Waals surface area (Å²) in [5.41, 5.74) is 0. The molecular formula is C64H107N5O46. The zero-order valence-electron chi connectivity index (χ0n) is 62.1. The van der Waals surface area contributed by atoms with E-state index in [0.717, 1.165) is 34.6 Å². The third kappa shape index (κ3) is 21.3. The molecule has 9 saturated heterocycles. The molecule has 0 aromatic heterocycles. The van der Waals surface area contributed by atoms with E-state index in [-0.39, 0.29) is 0 Å². The molecule has 0 radical (unpaired) electrons. The van der Waals surface area contributed by atoms with Crippen LogP contribution in [0.3, 0.4) is 0 Å². The average molecular weight is 1680 g/mol. The number of aliphatic hydroxyl groups is 24. The number of hydrogen-bond donors (Lipinski definition) is 29. The van der Waals surface area contributed by atoms with Crippen LogP contribution in [0.4, 0.5) is 0 Å². The van der Waals surface area contributed by atoms with Crippen molar-refractivity contribution in [3.05, 3.63) is 0 Å². The van der Waals surface area contributed by atoms with Crippen LogP contribution >= 0.6 is 0 Å².